The number of para-hydroxylation sites is 2. The Morgan fingerprint density at radius 1 is 1.07 bits per heavy atom. The van der Waals surface area contributed by atoms with Gasteiger partial charge in [0, 0.05) is 13.1 Å². The van der Waals surface area contributed by atoms with E-state index >= 15 is 0 Å². The minimum atomic E-state index is -0.664. The molecule has 5 nitrogen and oxygen atoms in total. The van der Waals surface area contributed by atoms with Gasteiger partial charge in [-0.3, -0.25) is 4.79 Å². The fourth-order valence-corrected chi connectivity index (χ4v) is 4.13. The Kier molecular flexibility index (Phi) is 4.94. The summed E-state index contributed by atoms with van der Waals surface area (Å²) in [4.78, 5) is 16.1. The second-order valence-electron chi connectivity index (χ2n) is 7.41. The van der Waals surface area contributed by atoms with E-state index in [9.17, 15) is 9.90 Å². The van der Waals surface area contributed by atoms with E-state index in [0.717, 1.165) is 42.5 Å². The topological polar surface area (TPSA) is 67.2 Å². The van der Waals surface area contributed by atoms with Crippen molar-refractivity contribution in [2.75, 3.05) is 0 Å². The minimum Gasteiger partial charge on any atom is -0.481 e. The molecule has 1 unspecified atom stereocenters. The first-order chi connectivity index (χ1) is 13.1. The maximum atomic E-state index is 11.2. The number of imidazole rings is 1. The Morgan fingerprint density at radius 2 is 1.74 bits per heavy atom. The van der Waals surface area contributed by atoms with Gasteiger partial charge in [-0.1, -0.05) is 42.5 Å². The van der Waals surface area contributed by atoms with E-state index in [1.165, 1.54) is 5.56 Å². The van der Waals surface area contributed by atoms with E-state index in [4.69, 9.17) is 4.98 Å². The normalized spacial score (nSPS) is 21.2. The standard InChI is InChI=1S/C22H25N3O2/c1-25-19-10-6-5-9-18(19)24-21(25)20(15-7-3-2-4-8-15)23-17-13-11-16(12-14-17)22(26)27/h2-10,16-17,20,23H,11-14H2,1H3,(H,26,27). The molecule has 1 fully saturated rings. The Morgan fingerprint density at radius 3 is 2.41 bits per heavy atom. The highest BCUT2D eigenvalue weighted by Crippen LogP contribution is 2.30. The van der Waals surface area contributed by atoms with Crippen molar-refractivity contribution < 1.29 is 9.90 Å². The van der Waals surface area contributed by atoms with Crippen molar-refractivity contribution >= 4 is 17.0 Å². The molecule has 0 spiro atoms. The number of fused-ring (bicyclic) bond motifs is 1. The number of aromatic nitrogens is 2. The molecule has 0 radical (unpaired) electrons. The molecule has 1 aliphatic carbocycles. The highest BCUT2D eigenvalue weighted by atomic mass is 16.4. The number of nitrogens with one attached hydrogen (secondary N) is 1. The summed E-state index contributed by atoms with van der Waals surface area (Å²) in [7, 11) is 2.06. The lowest BCUT2D eigenvalue weighted by Crippen LogP contribution is -2.38. The van der Waals surface area contributed by atoms with Crippen LogP contribution in [-0.2, 0) is 11.8 Å². The Bertz CT molecular complexity index is 927. The molecular formula is C22H25N3O2. The predicted molar refractivity (Wildman–Crippen MR) is 106 cm³/mol. The molecule has 1 aromatic heterocycles. The molecule has 5 heteroatoms. The van der Waals surface area contributed by atoms with Gasteiger partial charge in [0.15, 0.2) is 0 Å². The molecule has 1 saturated carbocycles. The molecule has 4 rings (SSSR count). The number of rotatable bonds is 5. The first-order valence-corrected chi connectivity index (χ1v) is 9.58. The van der Waals surface area contributed by atoms with Crippen LogP contribution in [0.2, 0.25) is 0 Å². The lowest BCUT2D eigenvalue weighted by atomic mass is 9.85. The summed E-state index contributed by atoms with van der Waals surface area (Å²) < 4.78 is 2.16. The molecule has 2 N–H and O–H groups in total. The van der Waals surface area contributed by atoms with Crippen LogP contribution in [-0.4, -0.2) is 26.7 Å². The zero-order chi connectivity index (χ0) is 18.8. The molecule has 27 heavy (non-hydrogen) atoms. The molecule has 1 heterocycles. The van der Waals surface area contributed by atoms with Gasteiger partial charge >= 0.3 is 5.97 Å². The predicted octanol–water partition coefficient (Wildman–Crippen LogP) is 3.90. The van der Waals surface area contributed by atoms with Gasteiger partial charge in [0.2, 0.25) is 0 Å². The highest BCUT2D eigenvalue weighted by molar-refractivity contribution is 5.76. The molecule has 140 valence electrons. The van der Waals surface area contributed by atoms with Gasteiger partial charge < -0.3 is 15.0 Å². The average molecular weight is 363 g/mol. The lowest BCUT2D eigenvalue weighted by molar-refractivity contribution is -0.142. The fourth-order valence-electron chi connectivity index (χ4n) is 4.13. The minimum absolute atomic E-state index is 0.0185. The van der Waals surface area contributed by atoms with Crippen molar-refractivity contribution in [1.82, 2.24) is 14.9 Å². The van der Waals surface area contributed by atoms with Gasteiger partial charge in [0.05, 0.1) is 23.0 Å². The lowest BCUT2D eigenvalue weighted by Gasteiger charge is -2.31. The third-order valence-electron chi connectivity index (χ3n) is 5.69. The summed E-state index contributed by atoms with van der Waals surface area (Å²) >= 11 is 0. The molecule has 0 amide bonds. The largest absolute Gasteiger partial charge is 0.481 e. The van der Waals surface area contributed by atoms with Gasteiger partial charge in [0.1, 0.15) is 5.82 Å². The van der Waals surface area contributed by atoms with Crippen molar-refractivity contribution in [1.29, 1.82) is 0 Å². The van der Waals surface area contributed by atoms with Gasteiger partial charge in [-0.25, -0.2) is 4.98 Å². The SMILES string of the molecule is Cn1c(C(NC2CCC(C(=O)O)CC2)c2ccccc2)nc2ccccc21. The summed E-state index contributed by atoms with van der Waals surface area (Å²) in [6, 6.07) is 18.8. The van der Waals surface area contributed by atoms with E-state index in [-0.39, 0.29) is 12.0 Å². The van der Waals surface area contributed by atoms with Crippen LogP contribution < -0.4 is 5.32 Å². The van der Waals surface area contributed by atoms with E-state index in [2.05, 4.69) is 35.1 Å². The second-order valence-corrected chi connectivity index (χ2v) is 7.41. The number of carboxylic acids is 1. The van der Waals surface area contributed by atoms with Crippen molar-refractivity contribution in [3.05, 3.63) is 66.0 Å². The average Bonchev–Trinajstić information content (AvgIpc) is 3.04. The smallest absolute Gasteiger partial charge is 0.306 e. The van der Waals surface area contributed by atoms with Crippen LogP contribution in [0.4, 0.5) is 0 Å². The van der Waals surface area contributed by atoms with Crippen LogP contribution >= 0.6 is 0 Å². The number of aliphatic carboxylic acids is 1. The third kappa shape index (κ3) is 3.60. The number of hydrogen-bond acceptors (Lipinski definition) is 3. The van der Waals surface area contributed by atoms with Crippen LogP contribution in [0.15, 0.2) is 54.6 Å². The van der Waals surface area contributed by atoms with Crippen molar-refractivity contribution in [3.63, 3.8) is 0 Å². The summed E-state index contributed by atoms with van der Waals surface area (Å²) in [6.07, 6.45) is 3.22. The van der Waals surface area contributed by atoms with E-state index in [1.807, 2.05) is 36.4 Å². The van der Waals surface area contributed by atoms with Crippen LogP contribution in [0.5, 0.6) is 0 Å². The van der Waals surface area contributed by atoms with Crippen LogP contribution in [0.1, 0.15) is 43.1 Å². The maximum absolute atomic E-state index is 11.2. The molecule has 0 bridgehead atoms. The van der Waals surface area contributed by atoms with Crippen LogP contribution in [0.25, 0.3) is 11.0 Å². The summed E-state index contributed by atoms with van der Waals surface area (Å²) in [5.41, 5.74) is 3.29. The number of hydrogen-bond donors (Lipinski definition) is 2. The first-order valence-electron chi connectivity index (χ1n) is 9.58. The zero-order valence-electron chi connectivity index (χ0n) is 15.5. The Hall–Kier alpha value is -2.66. The monoisotopic (exact) mass is 363 g/mol. The van der Waals surface area contributed by atoms with Crippen molar-refractivity contribution in [2.24, 2.45) is 13.0 Å². The van der Waals surface area contributed by atoms with Gasteiger partial charge in [-0.2, -0.15) is 0 Å². The van der Waals surface area contributed by atoms with E-state index in [1.54, 1.807) is 0 Å². The molecule has 0 aliphatic heterocycles. The third-order valence-corrected chi connectivity index (χ3v) is 5.69. The summed E-state index contributed by atoms with van der Waals surface area (Å²) in [6.45, 7) is 0. The Labute approximate surface area is 159 Å². The fraction of sp³-hybridized carbons (Fsp3) is 0.364. The van der Waals surface area contributed by atoms with Crippen molar-refractivity contribution in [3.8, 4) is 0 Å². The molecule has 2 aromatic carbocycles. The second kappa shape index (κ2) is 7.53. The first kappa shape index (κ1) is 17.7. The molecule has 1 aliphatic rings. The molecular weight excluding hydrogens is 338 g/mol. The number of carbonyl (C=O) groups is 1. The maximum Gasteiger partial charge on any atom is 0.306 e. The molecule has 3 aromatic rings. The summed E-state index contributed by atoms with van der Waals surface area (Å²) in [5, 5.41) is 13.0. The molecule has 1 atom stereocenters. The van der Waals surface area contributed by atoms with Crippen LogP contribution in [0, 0.1) is 5.92 Å². The van der Waals surface area contributed by atoms with E-state index in [0.29, 0.717) is 6.04 Å². The van der Waals surface area contributed by atoms with Gasteiger partial charge in [-0.15, -0.1) is 0 Å². The Balaban J connectivity index is 1.64. The van der Waals surface area contributed by atoms with Gasteiger partial charge in [0.25, 0.3) is 0 Å². The van der Waals surface area contributed by atoms with Crippen LogP contribution in [0.3, 0.4) is 0 Å². The van der Waals surface area contributed by atoms with Gasteiger partial charge in [-0.05, 0) is 43.4 Å². The number of nitrogens with zero attached hydrogens (tertiary/aromatic N) is 2. The number of aryl methyl sites for hydroxylation is 1. The summed E-state index contributed by atoms with van der Waals surface area (Å²) in [5.74, 6) is 0.125. The number of carboxylic acid groups (broad SMARTS) is 1. The zero-order valence-corrected chi connectivity index (χ0v) is 15.5. The quantitative estimate of drug-likeness (QED) is 0.721. The molecule has 0 saturated heterocycles. The van der Waals surface area contributed by atoms with E-state index < -0.39 is 5.97 Å². The highest BCUT2D eigenvalue weighted by Gasteiger charge is 2.29. The number of benzene rings is 2. The van der Waals surface area contributed by atoms with Crippen molar-refractivity contribution in [2.45, 2.75) is 37.8 Å².